The second-order valence-electron chi connectivity index (χ2n) is 4.25. The third-order valence-corrected chi connectivity index (χ3v) is 2.88. The zero-order chi connectivity index (χ0) is 13.7. The zero-order valence-corrected chi connectivity index (χ0v) is 10.8. The molecule has 0 aliphatic carbocycles. The Kier molecular flexibility index (Phi) is 4.44. The van der Waals surface area contributed by atoms with Crippen LogP contribution in [0.2, 0.25) is 0 Å². The highest BCUT2D eigenvalue weighted by atomic mass is 16.6. The highest BCUT2D eigenvalue weighted by molar-refractivity contribution is 5.39. The van der Waals surface area contributed by atoms with Crippen LogP contribution in [0.1, 0.15) is 11.4 Å². The maximum absolute atomic E-state index is 10.7. The van der Waals surface area contributed by atoms with Gasteiger partial charge < -0.3 is 4.74 Å². The average Bonchev–Trinajstić information content (AvgIpc) is 2.39. The summed E-state index contributed by atoms with van der Waals surface area (Å²) in [6.07, 6.45) is 0. The van der Waals surface area contributed by atoms with Crippen LogP contribution in [0.5, 0.6) is 0 Å². The minimum Gasteiger partial charge on any atom is -0.379 e. The highest BCUT2D eigenvalue weighted by Crippen LogP contribution is 2.14. The van der Waals surface area contributed by atoms with Gasteiger partial charge >= 0.3 is 0 Å². The molecule has 100 valence electrons. The van der Waals surface area contributed by atoms with Crippen molar-refractivity contribution in [1.82, 2.24) is 9.88 Å². The zero-order valence-electron chi connectivity index (χ0n) is 10.8. The van der Waals surface area contributed by atoms with E-state index in [2.05, 4.69) is 21.7 Å². The number of nitrogens with zero attached hydrogens (tertiary/aromatic N) is 3. The third-order valence-electron chi connectivity index (χ3n) is 2.88. The molecule has 0 unspecified atom stereocenters. The van der Waals surface area contributed by atoms with Gasteiger partial charge in [0.25, 0.3) is 5.69 Å². The first-order valence-electron chi connectivity index (χ1n) is 6.08. The maximum atomic E-state index is 10.7. The molecule has 1 saturated heterocycles. The van der Waals surface area contributed by atoms with Crippen LogP contribution in [0.25, 0.3) is 0 Å². The largest absolute Gasteiger partial charge is 0.379 e. The van der Waals surface area contributed by atoms with E-state index in [-0.39, 0.29) is 5.69 Å². The quantitative estimate of drug-likeness (QED) is 0.451. The summed E-state index contributed by atoms with van der Waals surface area (Å²) in [5.41, 5.74) is 0.985. The van der Waals surface area contributed by atoms with Crippen LogP contribution >= 0.6 is 0 Å². The van der Waals surface area contributed by atoms with Crippen LogP contribution in [0.4, 0.5) is 5.69 Å². The number of aryl methyl sites for hydroxylation is 1. The third kappa shape index (κ3) is 3.74. The standard InChI is InChI=1S/C13H15N3O3/c1-11-13(16(17)18)5-4-12(14-11)3-2-6-15-7-9-19-10-8-15/h4-5H,6-10H2,1H3. The van der Waals surface area contributed by atoms with E-state index in [1.165, 1.54) is 6.07 Å². The molecule has 2 rings (SSSR count). The lowest BCUT2D eigenvalue weighted by molar-refractivity contribution is -0.385. The molecule has 2 heterocycles. The summed E-state index contributed by atoms with van der Waals surface area (Å²) in [5, 5.41) is 10.7. The van der Waals surface area contributed by atoms with Crippen molar-refractivity contribution in [3.05, 3.63) is 33.6 Å². The summed E-state index contributed by atoms with van der Waals surface area (Å²) in [6, 6.07) is 3.03. The summed E-state index contributed by atoms with van der Waals surface area (Å²) in [7, 11) is 0. The first-order chi connectivity index (χ1) is 9.16. The fraction of sp³-hybridized carbons (Fsp3) is 0.462. The van der Waals surface area contributed by atoms with Crippen molar-refractivity contribution in [3.8, 4) is 11.8 Å². The molecule has 0 atom stereocenters. The molecule has 0 aromatic carbocycles. The molecule has 1 aromatic rings. The van der Waals surface area contributed by atoms with Crippen LogP contribution in [0.15, 0.2) is 12.1 Å². The number of rotatable bonds is 2. The molecular formula is C13H15N3O3. The number of nitro groups is 1. The van der Waals surface area contributed by atoms with Crippen LogP contribution < -0.4 is 0 Å². The molecule has 0 spiro atoms. The molecule has 1 fully saturated rings. The Balaban J connectivity index is 1.99. The van der Waals surface area contributed by atoms with Crippen molar-refractivity contribution < 1.29 is 9.66 Å². The molecule has 6 nitrogen and oxygen atoms in total. The van der Waals surface area contributed by atoms with Gasteiger partial charge in [-0.1, -0.05) is 5.92 Å². The number of aromatic nitrogens is 1. The van der Waals surface area contributed by atoms with Gasteiger partial charge in [0.15, 0.2) is 0 Å². The fourth-order valence-corrected chi connectivity index (χ4v) is 1.82. The SMILES string of the molecule is Cc1nc(C#CCN2CCOCC2)ccc1[N+](=O)[O-]. The lowest BCUT2D eigenvalue weighted by atomic mass is 10.2. The molecule has 0 radical (unpaired) electrons. The van der Waals surface area contributed by atoms with Gasteiger partial charge in [0, 0.05) is 19.2 Å². The number of pyridine rings is 1. The Bertz CT molecular complexity index is 528. The predicted molar refractivity (Wildman–Crippen MR) is 69.8 cm³/mol. The van der Waals surface area contributed by atoms with Crippen molar-refractivity contribution >= 4 is 5.69 Å². The smallest absolute Gasteiger partial charge is 0.290 e. The number of hydrogen-bond acceptors (Lipinski definition) is 5. The van der Waals surface area contributed by atoms with E-state index >= 15 is 0 Å². The van der Waals surface area contributed by atoms with Gasteiger partial charge in [0.05, 0.1) is 24.7 Å². The van der Waals surface area contributed by atoms with Gasteiger partial charge in [0.1, 0.15) is 11.4 Å². The topological polar surface area (TPSA) is 68.5 Å². The monoisotopic (exact) mass is 261 g/mol. The molecule has 0 N–H and O–H groups in total. The van der Waals surface area contributed by atoms with Gasteiger partial charge in [0.2, 0.25) is 0 Å². The van der Waals surface area contributed by atoms with E-state index in [9.17, 15) is 10.1 Å². The lowest BCUT2D eigenvalue weighted by Gasteiger charge is -2.24. The van der Waals surface area contributed by atoms with E-state index < -0.39 is 4.92 Å². The van der Waals surface area contributed by atoms with E-state index in [1.54, 1.807) is 13.0 Å². The van der Waals surface area contributed by atoms with Crippen molar-refractivity contribution in [2.75, 3.05) is 32.8 Å². The first-order valence-corrected chi connectivity index (χ1v) is 6.08. The number of hydrogen-bond donors (Lipinski definition) is 0. The number of ether oxygens (including phenoxy) is 1. The summed E-state index contributed by atoms with van der Waals surface area (Å²) < 4.78 is 5.25. The van der Waals surface area contributed by atoms with E-state index in [0.29, 0.717) is 17.9 Å². The molecule has 1 aromatic heterocycles. The van der Waals surface area contributed by atoms with Crippen LogP contribution in [-0.2, 0) is 4.74 Å². The van der Waals surface area contributed by atoms with Crippen LogP contribution in [-0.4, -0.2) is 47.7 Å². The molecule has 0 saturated carbocycles. The first kappa shape index (κ1) is 13.5. The number of morpholine rings is 1. The van der Waals surface area contributed by atoms with E-state index in [0.717, 1.165) is 26.3 Å². The van der Waals surface area contributed by atoms with Gasteiger partial charge in [-0.3, -0.25) is 15.0 Å². The fourth-order valence-electron chi connectivity index (χ4n) is 1.82. The summed E-state index contributed by atoms with van der Waals surface area (Å²) in [6.45, 7) is 5.56. The normalized spacial score (nSPS) is 15.6. The Morgan fingerprint density at radius 1 is 1.47 bits per heavy atom. The Labute approximate surface area is 111 Å². The van der Waals surface area contributed by atoms with Crippen molar-refractivity contribution in [2.24, 2.45) is 0 Å². The Hall–Kier alpha value is -1.97. The van der Waals surface area contributed by atoms with E-state index in [1.807, 2.05) is 0 Å². The molecule has 1 aliphatic rings. The molecular weight excluding hydrogens is 246 g/mol. The van der Waals surface area contributed by atoms with Crippen LogP contribution in [0.3, 0.4) is 0 Å². The molecule has 19 heavy (non-hydrogen) atoms. The minimum atomic E-state index is -0.437. The van der Waals surface area contributed by atoms with E-state index in [4.69, 9.17) is 4.74 Å². The van der Waals surface area contributed by atoms with Crippen molar-refractivity contribution in [3.63, 3.8) is 0 Å². The minimum absolute atomic E-state index is 0.0266. The molecule has 1 aliphatic heterocycles. The van der Waals surface area contributed by atoms with Gasteiger partial charge in [-0.2, -0.15) is 0 Å². The van der Waals surface area contributed by atoms with Gasteiger partial charge in [-0.05, 0) is 18.9 Å². The highest BCUT2D eigenvalue weighted by Gasteiger charge is 2.11. The van der Waals surface area contributed by atoms with Crippen molar-refractivity contribution in [2.45, 2.75) is 6.92 Å². The summed E-state index contributed by atoms with van der Waals surface area (Å²) >= 11 is 0. The van der Waals surface area contributed by atoms with Crippen LogP contribution in [0, 0.1) is 28.9 Å². The predicted octanol–water partition coefficient (Wildman–Crippen LogP) is 0.982. The van der Waals surface area contributed by atoms with Gasteiger partial charge in [-0.25, -0.2) is 4.98 Å². The summed E-state index contributed by atoms with van der Waals surface area (Å²) in [5.74, 6) is 5.97. The average molecular weight is 261 g/mol. The molecule has 0 bridgehead atoms. The summed E-state index contributed by atoms with van der Waals surface area (Å²) in [4.78, 5) is 16.5. The second-order valence-corrected chi connectivity index (χ2v) is 4.25. The molecule has 0 amide bonds. The maximum Gasteiger partial charge on any atom is 0.290 e. The van der Waals surface area contributed by atoms with Crippen molar-refractivity contribution in [1.29, 1.82) is 0 Å². The lowest BCUT2D eigenvalue weighted by Crippen LogP contribution is -2.36. The Morgan fingerprint density at radius 3 is 2.84 bits per heavy atom. The van der Waals surface area contributed by atoms with Gasteiger partial charge in [-0.15, -0.1) is 0 Å². The molecule has 6 heteroatoms. The Morgan fingerprint density at radius 2 is 2.21 bits per heavy atom. The second kappa shape index (κ2) is 6.27.